The van der Waals surface area contributed by atoms with E-state index in [-0.39, 0.29) is 5.41 Å². The zero-order valence-electron chi connectivity index (χ0n) is 14.5. The first-order valence-electron chi connectivity index (χ1n) is 7.64. The predicted molar refractivity (Wildman–Crippen MR) is 89.0 cm³/mol. The molecule has 0 aliphatic heterocycles. The van der Waals surface area contributed by atoms with Crippen molar-refractivity contribution in [3.8, 4) is 0 Å². The molecule has 1 aromatic heterocycles. The van der Waals surface area contributed by atoms with Crippen molar-refractivity contribution in [1.29, 1.82) is 0 Å². The van der Waals surface area contributed by atoms with Gasteiger partial charge in [-0.3, -0.25) is 0 Å². The van der Waals surface area contributed by atoms with E-state index in [2.05, 4.69) is 48.3 Å². The van der Waals surface area contributed by atoms with E-state index in [0.29, 0.717) is 6.54 Å². The molecule has 120 valence electrons. The molecule has 5 nitrogen and oxygen atoms in total. The maximum atomic E-state index is 10.3. The Hall–Kier alpha value is -1.36. The van der Waals surface area contributed by atoms with Crippen LogP contribution < -0.4 is 10.6 Å². The van der Waals surface area contributed by atoms with Crippen LogP contribution >= 0.6 is 0 Å². The van der Waals surface area contributed by atoms with Crippen molar-refractivity contribution in [2.75, 3.05) is 24.2 Å². The van der Waals surface area contributed by atoms with Crippen LogP contribution in [0.4, 0.5) is 11.6 Å². The van der Waals surface area contributed by atoms with Gasteiger partial charge in [0.2, 0.25) is 0 Å². The lowest BCUT2D eigenvalue weighted by Gasteiger charge is -2.25. The number of aromatic nitrogens is 2. The molecule has 1 atom stereocenters. The Labute approximate surface area is 128 Å². The first kappa shape index (κ1) is 17.7. The lowest BCUT2D eigenvalue weighted by atomic mass is 9.95. The summed E-state index contributed by atoms with van der Waals surface area (Å²) in [7, 11) is 1.86. The maximum absolute atomic E-state index is 10.3. The minimum atomic E-state index is -0.728. The molecule has 0 saturated heterocycles. The second-order valence-electron chi connectivity index (χ2n) is 6.97. The lowest BCUT2D eigenvalue weighted by molar-refractivity contribution is 0.0636. The van der Waals surface area contributed by atoms with Crippen molar-refractivity contribution < 1.29 is 5.11 Å². The van der Waals surface area contributed by atoms with E-state index in [9.17, 15) is 5.11 Å². The van der Waals surface area contributed by atoms with Crippen LogP contribution in [0.3, 0.4) is 0 Å². The highest BCUT2D eigenvalue weighted by atomic mass is 16.3. The molecular formula is C16H30N4O. The third-order valence-electron chi connectivity index (χ3n) is 3.48. The summed E-state index contributed by atoms with van der Waals surface area (Å²) < 4.78 is 0. The van der Waals surface area contributed by atoms with Crippen LogP contribution in [-0.2, 0) is 5.41 Å². The summed E-state index contributed by atoms with van der Waals surface area (Å²) in [6.45, 7) is 12.7. The van der Waals surface area contributed by atoms with Crippen LogP contribution in [0, 0.1) is 6.92 Å². The van der Waals surface area contributed by atoms with Crippen molar-refractivity contribution in [2.45, 2.75) is 65.4 Å². The molecule has 0 fully saturated rings. The number of rotatable bonds is 6. The second kappa shape index (κ2) is 6.60. The van der Waals surface area contributed by atoms with E-state index in [1.807, 2.05) is 20.9 Å². The Balaban J connectivity index is 3.06. The van der Waals surface area contributed by atoms with Crippen LogP contribution in [-0.4, -0.2) is 34.3 Å². The Bertz CT molecular complexity index is 478. The molecule has 0 aromatic carbocycles. The Kier molecular flexibility index (Phi) is 5.56. The molecular weight excluding hydrogens is 264 g/mol. The largest absolute Gasteiger partial charge is 0.388 e. The van der Waals surface area contributed by atoms with E-state index < -0.39 is 5.60 Å². The normalized spacial score (nSPS) is 14.7. The highest BCUT2D eigenvalue weighted by Crippen LogP contribution is 2.26. The van der Waals surface area contributed by atoms with Gasteiger partial charge in [0.25, 0.3) is 0 Å². The summed E-state index contributed by atoms with van der Waals surface area (Å²) >= 11 is 0. The van der Waals surface area contributed by atoms with Gasteiger partial charge in [0, 0.05) is 24.6 Å². The van der Waals surface area contributed by atoms with Gasteiger partial charge in [0.05, 0.1) is 5.60 Å². The summed E-state index contributed by atoms with van der Waals surface area (Å²) in [6, 6.07) is 0. The van der Waals surface area contributed by atoms with Gasteiger partial charge in [-0.2, -0.15) is 0 Å². The van der Waals surface area contributed by atoms with Gasteiger partial charge in [-0.05, 0) is 20.3 Å². The number of hydrogen-bond acceptors (Lipinski definition) is 5. The average Bonchev–Trinajstić information content (AvgIpc) is 2.36. The van der Waals surface area contributed by atoms with Crippen molar-refractivity contribution in [3.63, 3.8) is 0 Å². The highest BCUT2D eigenvalue weighted by Gasteiger charge is 2.23. The molecule has 1 aromatic rings. The number of aliphatic hydroxyl groups is 1. The molecule has 0 aliphatic carbocycles. The molecule has 1 rings (SSSR count). The number of hydrogen-bond donors (Lipinski definition) is 3. The molecule has 0 bridgehead atoms. The van der Waals surface area contributed by atoms with Gasteiger partial charge < -0.3 is 15.7 Å². The van der Waals surface area contributed by atoms with Crippen LogP contribution in [0.25, 0.3) is 0 Å². The molecule has 21 heavy (non-hydrogen) atoms. The Morgan fingerprint density at radius 1 is 1.10 bits per heavy atom. The van der Waals surface area contributed by atoms with Crippen molar-refractivity contribution in [3.05, 3.63) is 11.4 Å². The first-order chi connectivity index (χ1) is 9.60. The second-order valence-corrected chi connectivity index (χ2v) is 6.97. The fourth-order valence-electron chi connectivity index (χ4n) is 2.17. The van der Waals surface area contributed by atoms with Gasteiger partial charge in [0.1, 0.15) is 17.5 Å². The summed E-state index contributed by atoms with van der Waals surface area (Å²) in [4.78, 5) is 9.22. The minimum absolute atomic E-state index is 0.123. The molecule has 0 spiro atoms. The minimum Gasteiger partial charge on any atom is -0.388 e. The standard InChI is InChI=1S/C16H30N4O/c1-8-9-16(6,21)10-18-13-11(2)12(17-7)19-14(20-13)15(3,4)5/h21H,8-10H2,1-7H3,(H2,17,18,19,20). The zero-order valence-corrected chi connectivity index (χ0v) is 14.5. The average molecular weight is 294 g/mol. The smallest absolute Gasteiger partial charge is 0.138 e. The van der Waals surface area contributed by atoms with Crippen LogP contribution in [0.15, 0.2) is 0 Å². The molecule has 1 unspecified atom stereocenters. The third-order valence-corrected chi connectivity index (χ3v) is 3.48. The quantitative estimate of drug-likeness (QED) is 0.752. The summed E-state index contributed by atoms with van der Waals surface area (Å²) in [5.41, 5.74) is 0.119. The fourth-order valence-corrected chi connectivity index (χ4v) is 2.17. The third kappa shape index (κ3) is 4.84. The van der Waals surface area contributed by atoms with E-state index in [0.717, 1.165) is 35.9 Å². The number of nitrogens with zero attached hydrogens (tertiary/aromatic N) is 2. The summed E-state index contributed by atoms with van der Waals surface area (Å²) in [5.74, 6) is 2.40. The highest BCUT2D eigenvalue weighted by molar-refractivity contribution is 5.57. The van der Waals surface area contributed by atoms with Gasteiger partial charge in [-0.25, -0.2) is 9.97 Å². The van der Waals surface area contributed by atoms with E-state index in [1.54, 1.807) is 0 Å². The van der Waals surface area contributed by atoms with Crippen molar-refractivity contribution in [1.82, 2.24) is 9.97 Å². The molecule has 1 heterocycles. The first-order valence-corrected chi connectivity index (χ1v) is 7.64. The SMILES string of the molecule is CCCC(C)(O)CNc1nc(C(C)(C)C)nc(NC)c1C. The van der Waals surface area contributed by atoms with E-state index in [1.165, 1.54) is 0 Å². The predicted octanol–water partition coefficient (Wildman–Crippen LogP) is 3.09. The fraction of sp³-hybridized carbons (Fsp3) is 0.750. The van der Waals surface area contributed by atoms with Crippen molar-refractivity contribution >= 4 is 11.6 Å². The van der Waals surface area contributed by atoms with Gasteiger partial charge in [-0.1, -0.05) is 34.1 Å². The monoisotopic (exact) mass is 294 g/mol. The van der Waals surface area contributed by atoms with Gasteiger partial charge in [0.15, 0.2) is 0 Å². The molecule has 5 heteroatoms. The summed E-state index contributed by atoms with van der Waals surface area (Å²) in [5, 5.41) is 16.7. The van der Waals surface area contributed by atoms with E-state index in [4.69, 9.17) is 0 Å². The number of nitrogens with one attached hydrogen (secondary N) is 2. The molecule has 0 amide bonds. The topological polar surface area (TPSA) is 70.1 Å². The number of anilines is 2. The maximum Gasteiger partial charge on any atom is 0.138 e. The molecule has 3 N–H and O–H groups in total. The zero-order chi connectivity index (χ0) is 16.3. The van der Waals surface area contributed by atoms with Gasteiger partial charge in [-0.15, -0.1) is 0 Å². The van der Waals surface area contributed by atoms with Crippen LogP contribution in [0.1, 0.15) is 58.8 Å². The van der Waals surface area contributed by atoms with Gasteiger partial charge >= 0.3 is 0 Å². The van der Waals surface area contributed by atoms with E-state index >= 15 is 0 Å². The molecule has 0 radical (unpaired) electrons. The molecule has 0 aliphatic rings. The van der Waals surface area contributed by atoms with Crippen LogP contribution in [0.5, 0.6) is 0 Å². The lowest BCUT2D eigenvalue weighted by Crippen LogP contribution is -2.34. The summed E-state index contributed by atoms with van der Waals surface area (Å²) in [6.07, 6.45) is 1.71. The van der Waals surface area contributed by atoms with Crippen LogP contribution in [0.2, 0.25) is 0 Å². The Morgan fingerprint density at radius 3 is 2.14 bits per heavy atom. The Morgan fingerprint density at radius 2 is 1.67 bits per heavy atom. The van der Waals surface area contributed by atoms with Crippen molar-refractivity contribution in [2.24, 2.45) is 0 Å². The molecule has 0 saturated carbocycles.